The van der Waals surface area contributed by atoms with Crippen molar-refractivity contribution in [2.45, 2.75) is 25.8 Å². The van der Waals surface area contributed by atoms with E-state index >= 15 is 0 Å². The third-order valence-corrected chi connectivity index (χ3v) is 6.09. The predicted molar refractivity (Wildman–Crippen MR) is 133 cm³/mol. The molecule has 166 valence electrons. The number of anilines is 1. The van der Waals surface area contributed by atoms with Gasteiger partial charge in [0.2, 0.25) is 5.91 Å². The van der Waals surface area contributed by atoms with E-state index in [4.69, 9.17) is 0 Å². The van der Waals surface area contributed by atoms with Crippen molar-refractivity contribution < 1.29 is 9.59 Å². The second kappa shape index (κ2) is 10.7. The summed E-state index contributed by atoms with van der Waals surface area (Å²) in [5.41, 5.74) is 4.55. The average molecular weight is 456 g/mol. The Bertz CT molecular complexity index is 1210. The lowest BCUT2D eigenvalue weighted by molar-refractivity contribution is -0.118. The molecule has 0 saturated carbocycles. The van der Waals surface area contributed by atoms with Crippen LogP contribution in [0.4, 0.5) is 5.13 Å². The Labute approximate surface area is 197 Å². The maximum atomic E-state index is 13.2. The van der Waals surface area contributed by atoms with Crippen LogP contribution in [-0.4, -0.2) is 22.8 Å². The zero-order valence-corrected chi connectivity index (χ0v) is 19.1. The second-order valence-electron chi connectivity index (χ2n) is 7.66. The van der Waals surface area contributed by atoms with Crippen LogP contribution < -0.4 is 10.6 Å². The van der Waals surface area contributed by atoms with Crippen molar-refractivity contribution in [2.24, 2.45) is 0 Å². The first-order chi connectivity index (χ1) is 16.1. The number of aryl methyl sites for hydroxylation is 1. The number of thiazole rings is 1. The van der Waals surface area contributed by atoms with Gasteiger partial charge in [-0.15, -0.1) is 11.3 Å². The summed E-state index contributed by atoms with van der Waals surface area (Å²) in [6.07, 6.45) is 1.36. The molecular formula is C27H25N3O2S. The van der Waals surface area contributed by atoms with E-state index in [1.807, 2.05) is 53.9 Å². The number of hydrogen-bond acceptors (Lipinski definition) is 4. The van der Waals surface area contributed by atoms with Gasteiger partial charge in [-0.25, -0.2) is 4.98 Å². The van der Waals surface area contributed by atoms with Crippen LogP contribution in [0.5, 0.6) is 0 Å². The summed E-state index contributed by atoms with van der Waals surface area (Å²) in [5, 5.41) is 8.19. The van der Waals surface area contributed by atoms with Gasteiger partial charge in [-0.05, 0) is 29.7 Å². The van der Waals surface area contributed by atoms with E-state index in [0.717, 1.165) is 23.2 Å². The summed E-state index contributed by atoms with van der Waals surface area (Å²) in [4.78, 5) is 30.5. The smallest absolute Gasteiger partial charge is 0.251 e. The number of aromatic nitrogens is 1. The minimum atomic E-state index is -0.740. The first kappa shape index (κ1) is 22.4. The minimum Gasteiger partial charge on any atom is -0.340 e. The molecule has 0 fully saturated rings. The number of hydrogen-bond donors (Lipinski definition) is 2. The number of nitrogens with zero attached hydrogens (tertiary/aromatic N) is 1. The Morgan fingerprint density at radius 3 is 2.21 bits per heavy atom. The fourth-order valence-electron chi connectivity index (χ4n) is 3.46. The SMILES string of the molecule is CCc1ccc(-c2csc(NC(=O)[C@H](Cc3ccccc3)NC(=O)c3ccccc3)n2)cc1. The normalized spacial score (nSPS) is 11.5. The van der Waals surface area contributed by atoms with Gasteiger partial charge in [0.1, 0.15) is 6.04 Å². The molecule has 4 rings (SSSR count). The zero-order chi connectivity index (χ0) is 23.0. The lowest BCUT2D eigenvalue weighted by atomic mass is 10.0. The molecule has 1 atom stereocenters. The fraction of sp³-hybridized carbons (Fsp3) is 0.148. The van der Waals surface area contributed by atoms with Crippen molar-refractivity contribution in [1.82, 2.24) is 10.3 Å². The highest BCUT2D eigenvalue weighted by molar-refractivity contribution is 7.14. The molecule has 0 saturated heterocycles. The molecule has 3 aromatic carbocycles. The lowest BCUT2D eigenvalue weighted by Gasteiger charge is -2.18. The highest BCUT2D eigenvalue weighted by atomic mass is 32.1. The van der Waals surface area contributed by atoms with Crippen LogP contribution in [-0.2, 0) is 17.6 Å². The van der Waals surface area contributed by atoms with E-state index in [-0.39, 0.29) is 11.8 Å². The van der Waals surface area contributed by atoms with Gasteiger partial charge in [0, 0.05) is 22.9 Å². The molecule has 2 amide bonds. The number of carbonyl (C=O) groups is 2. The molecule has 0 spiro atoms. The average Bonchev–Trinajstić information content (AvgIpc) is 3.33. The molecule has 0 radical (unpaired) electrons. The van der Waals surface area contributed by atoms with E-state index in [2.05, 4.69) is 34.7 Å². The summed E-state index contributed by atoms with van der Waals surface area (Å²) in [6, 6.07) is 26.0. The van der Waals surface area contributed by atoms with Crippen molar-refractivity contribution in [3.8, 4) is 11.3 Å². The van der Waals surface area contributed by atoms with Gasteiger partial charge < -0.3 is 10.6 Å². The van der Waals surface area contributed by atoms with Gasteiger partial charge in [0.05, 0.1) is 5.69 Å². The van der Waals surface area contributed by atoms with Crippen LogP contribution in [0.1, 0.15) is 28.4 Å². The summed E-state index contributed by atoms with van der Waals surface area (Å²) < 4.78 is 0. The van der Waals surface area contributed by atoms with Crippen LogP contribution in [0.15, 0.2) is 90.3 Å². The summed E-state index contributed by atoms with van der Waals surface area (Å²) >= 11 is 1.37. The van der Waals surface area contributed by atoms with Crippen molar-refractivity contribution in [1.29, 1.82) is 0 Å². The van der Waals surface area contributed by atoms with Gasteiger partial charge in [-0.1, -0.05) is 79.7 Å². The lowest BCUT2D eigenvalue weighted by Crippen LogP contribution is -2.45. The monoisotopic (exact) mass is 455 g/mol. The fourth-order valence-corrected chi connectivity index (χ4v) is 4.18. The summed E-state index contributed by atoms with van der Waals surface area (Å²) in [7, 11) is 0. The third-order valence-electron chi connectivity index (χ3n) is 5.33. The zero-order valence-electron chi connectivity index (χ0n) is 18.3. The number of benzene rings is 3. The third kappa shape index (κ3) is 5.93. The van der Waals surface area contributed by atoms with E-state index in [0.29, 0.717) is 17.1 Å². The molecule has 4 aromatic rings. The maximum absolute atomic E-state index is 13.2. The van der Waals surface area contributed by atoms with Crippen LogP contribution >= 0.6 is 11.3 Å². The molecule has 0 bridgehead atoms. The Morgan fingerprint density at radius 1 is 0.879 bits per heavy atom. The van der Waals surface area contributed by atoms with Crippen LogP contribution in [0, 0.1) is 0 Å². The molecule has 6 heteroatoms. The first-order valence-corrected chi connectivity index (χ1v) is 11.8. The van der Waals surface area contributed by atoms with E-state index in [9.17, 15) is 9.59 Å². The highest BCUT2D eigenvalue weighted by Gasteiger charge is 2.23. The van der Waals surface area contributed by atoms with E-state index < -0.39 is 6.04 Å². The Balaban J connectivity index is 1.49. The number of amides is 2. The Kier molecular flexibility index (Phi) is 7.27. The van der Waals surface area contributed by atoms with Crippen molar-refractivity contribution >= 4 is 28.3 Å². The van der Waals surface area contributed by atoms with Crippen molar-refractivity contribution in [3.05, 3.63) is 107 Å². The highest BCUT2D eigenvalue weighted by Crippen LogP contribution is 2.25. The molecule has 0 unspecified atom stereocenters. The van der Waals surface area contributed by atoms with Crippen LogP contribution in [0.25, 0.3) is 11.3 Å². The Morgan fingerprint density at radius 2 is 1.55 bits per heavy atom. The minimum absolute atomic E-state index is 0.289. The molecule has 1 heterocycles. The molecule has 33 heavy (non-hydrogen) atoms. The maximum Gasteiger partial charge on any atom is 0.251 e. The van der Waals surface area contributed by atoms with Crippen molar-refractivity contribution in [3.63, 3.8) is 0 Å². The molecule has 0 aliphatic heterocycles. The van der Waals surface area contributed by atoms with Gasteiger partial charge in [0.15, 0.2) is 5.13 Å². The van der Waals surface area contributed by atoms with Crippen LogP contribution in [0.3, 0.4) is 0 Å². The summed E-state index contributed by atoms with van der Waals surface area (Å²) in [5.74, 6) is -0.590. The molecular weight excluding hydrogens is 430 g/mol. The number of carbonyl (C=O) groups excluding carboxylic acids is 2. The predicted octanol–water partition coefficient (Wildman–Crippen LogP) is 5.35. The molecule has 0 aliphatic carbocycles. The Hall–Kier alpha value is -3.77. The quantitative estimate of drug-likeness (QED) is 0.376. The van der Waals surface area contributed by atoms with Crippen molar-refractivity contribution in [2.75, 3.05) is 5.32 Å². The standard InChI is InChI=1S/C27H25N3O2S/c1-2-19-13-15-21(16-14-19)24-18-33-27(29-24)30-26(32)23(17-20-9-5-3-6-10-20)28-25(31)22-11-7-4-8-12-22/h3-16,18,23H,2,17H2,1H3,(H,28,31)(H,29,30,32)/t23-/m0/s1. The molecule has 1 aromatic heterocycles. The number of rotatable bonds is 8. The topological polar surface area (TPSA) is 71.1 Å². The van der Waals surface area contributed by atoms with Gasteiger partial charge in [-0.3, -0.25) is 9.59 Å². The van der Waals surface area contributed by atoms with E-state index in [1.54, 1.807) is 24.3 Å². The van der Waals surface area contributed by atoms with E-state index in [1.165, 1.54) is 16.9 Å². The number of nitrogens with one attached hydrogen (secondary N) is 2. The van der Waals surface area contributed by atoms with Gasteiger partial charge in [0.25, 0.3) is 5.91 Å². The molecule has 0 aliphatic rings. The van der Waals surface area contributed by atoms with Gasteiger partial charge in [-0.2, -0.15) is 0 Å². The first-order valence-electron chi connectivity index (χ1n) is 10.9. The largest absolute Gasteiger partial charge is 0.340 e. The van der Waals surface area contributed by atoms with Gasteiger partial charge >= 0.3 is 0 Å². The van der Waals surface area contributed by atoms with Crippen LogP contribution in [0.2, 0.25) is 0 Å². The second-order valence-corrected chi connectivity index (χ2v) is 8.52. The molecule has 5 nitrogen and oxygen atoms in total. The summed E-state index contributed by atoms with van der Waals surface area (Å²) in [6.45, 7) is 2.12. The molecule has 2 N–H and O–H groups in total.